The van der Waals surface area contributed by atoms with Gasteiger partial charge in [-0.05, 0) is 30.2 Å². The summed E-state index contributed by atoms with van der Waals surface area (Å²) in [5.41, 5.74) is 1.83. The molecule has 1 aromatic heterocycles. The summed E-state index contributed by atoms with van der Waals surface area (Å²) >= 11 is 4.93. The van der Waals surface area contributed by atoms with E-state index in [1.807, 2.05) is 22.4 Å². The van der Waals surface area contributed by atoms with Gasteiger partial charge < -0.3 is 4.90 Å². The van der Waals surface area contributed by atoms with E-state index in [-0.39, 0.29) is 17.4 Å². The fourth-order valence-electron chi connectivity index (χ4n) is 3.76. The van der Waals surface area contributed by atoms with E-state index in [1.54, 1.807) is 18.0 Å². The molecule has 1 atom stereocenters. The van der Waals surface area contributed by atoms with Gasteiger partial charge in [-0.15, -0.1) is 11.3 Å². The monoisotopic (exact) mass is 420 g/mol. The average molecular weight is 421 g/mol. The fourth-order valence-corrected chi connectivity index (χ4v) is 4.64. The number of nitrogens with zero attached hydrogens (tertiary/aromatic N) is 3. The summed E-state index contributed by atoms with van der Waals surface area (Å²) in [6, 6.07) is 5.80. The first-order valence-corrected chi connectivity index (χ1v) is 9.69. The summed E-state index contributed by atoms with van der Waals surface area (Å²) in [5, 5.41) is 5.27. The molecule has 0 unspecified atom stereocenters. The Morgan fingerprint density at radius 1 is 1.36 bits per heavy atom. The van der Waals surface area contributed by atoms with Crippen LogP contribution in [0.4, 0.5) is 15.6 Å². The van der Waals surface area contributed by atoms with Gasteiger partial charge in [0.1, 0.15) is 0 Å². The van der Waals surface area contributed by atoms with Gasteiger partial charge in [0.05, 0.1) is 0 Å². The maximum Gasteiger partial charge on any atom is 0.328 e. The van der Waals surface area contributed by atoms with Crippen molar-refractivity contribution < 1.29 is 9.59 Å². The first kappa shape index (κ1) is 16.5. The van der Waals surface area contributed by atoms with E-state index >= 15 is 0 Å². The molecule has 0 radical (unpaired) electrons. The predicted octanol–water partition coefficient (Wildman–Crippen LogP) is 3.45. The zero-order valence-corrected chi connectivity index (χ0v) is 16.1. The van der Waals surface area contributed by atoms with Crippen LogP contribution in [0.1, 0.15) is 18.9 Å². The predicted molar refractivity (Wildman–Crippen MR) is 101 cm³/mol. The smallest absolute Gasteiger partial charge is 0.328 e. The molecule has 1 aromatic carbocycles. The Hall–Kier alpha value is -1.93. The second-order valence-electron chi connectivity index (χ2n) is 6.49. The number of rotatable bonds is 1. The van der Waals surface area contributed by atoms with Crippen LogP contribution in [0.15, 0.2) is 34.2 Å². The van der Waals surface area contributed by atoms with Crippen molar-refractivity contribution in [3.63, 3.8) is 0 Å². The number of fused-ring (bicyclic) bond motifs is 2. The van der Waals surface area contributed by atoms with Gasteiger partial charge in [-0.3, -0.25) is 15.0 Å². The molecule has 8 heteroatoms. The Bertz CT molecular complexity index is 841. The zero-order valence-electron chi connectivity index (χ0n) is 13.7. The van der Waals surface area contributed by atoms with Gasteiger partial charge in [-0.2, -0.15) is 0 Å². The van der Waals surface area contributed by atoms with Crippen LogP contribution in [0.5, 0.6) is 0 Å². The van der Waals surface area contributed by atoms with Crippen molar-refractivity contribution in [3.05, 3.63) is 39.8 Å². The largest absolute Gasteiger partial charge is 0.342 e. The lowest BCUT2D eigenvalue weighted by atomic mass is 9.81. The SMILES string of the molecule is CC(=O)N1CC[C@@]2(C1)CN(C(=O)Nc1nccs1)c1ccc(Br)cc12. The minimum Gasteiger partial charge on any atom is -0.342 e. The highest BCUT2D eigenvalue weighted by Crippen LogP contribution is 2.47. The maximum absolute atomic E-state index is 12.8. The fraction of sp³-hybridized carbons (Fsp3) is 0.353. The number of carbonyl (C=O) groups excluding carboxylic acids is 2. The van der Waals surface area contributed by atoms with Gasteiger partial charge in [-0.1, -0.05) is 15.9 Å². The summed E-state index contributed by atoms with van der Waals surface area (Å²) in [4.78, 5) is 32.4. The molecule has 0 saturated carbocycles. The van der Waals surface area contributed by atoms with E-state index in [0.29, 0.717) is 18.2 Å². The van der Waals surface area contributed by atoms with Crippen molar-refractivity contribution in [2.75, 3.05) is 29.9 Å². The van der Waals surface area contributed by atoms with Crippen molar-refractivity contribution in [2.24, 2.45) is 0 Å². The van der Waals surface area contributed by atoms with Crippen LogP contribution >= 0.6 is 27.3 Å². The first-order chi connectivity index (χ1) is 12.0. The van der Waals surface area contributed by atoms with Crippen molar-refractivity contribution in [3.8, 4) is 0 Å². The van der Waals surface area contributed by atoms with Gasteiger partial charge in [0, 0.05) is 53.7 Å². The van der Waals surface area contributed by atoms with Crippen LogP contribution in [-0.2, 0) is 10.2 Å². The molecular formula is C17H17BrN4O2S. The number of nitrogens with one attached hydrogen (secondary N) is 1. The zero-order chi connectivity index (χ0) is 17.6. The highest BCUT2D eigenvalue weighted by atomic mass is 79.9. The second-order valence-corrected chi connectivity index (χ2v) is 8.30. The highest BCUT2D eigenvalue weighted by Gasteiger charge is 2.49. The Balaban J connectivity index is 1.68. The normalized spacial score (nSPS) is 21.7. The lowest BCUT2D eigenvalue weighted by Crippen LogP contribution is -2.41. The number of hydrogen-bond donors (Lipinski definition) is 1. The molecule has 1 fully saturated rings. The Labute approximate surface area is 158 Å². The summed E-state index contributed by atoms with van der Waals surface area (Å²) in [6.45, 7) is 3.54. The molecule has 0 bridgehead atoms. The number of halogens is 1. The van der Waals surface area contributed by atoms with Gasteiger partial charge in [0.25, 0.3) is 0 Å². The van der Waals surface area contributed by atoms with E-state index in [0.717, 1.165) is 28.7 Å². The highest BCUT2D eigenvalue weighted by molar-refractivity contribution is 9.10. The molecule has 6 nitrogen and oxygen atoms in total. The second kappa shape index (κ2) is 6.10. The average Bonchev–Trinajstić information content (AvgIpc) is 3.28. The Kier molecular flexibility index (Phi) is 4.04. The van der Waals surface area contributed by atoms with Gasteiger partial charge in [-0.25, -0.2) is 9.78 Å². The number of aromatic nitrogens is 1. The molecule has 2 aliphatic heterocycles. The van der Waals surface area contributed by atoms with Crippen molar-refractivity contribution in [1.29, 1.82) is 0 Å². The summed E-state index contributed by atoms with van der Waals surface area (Å²) in [7, 11) is 0. The quantitative estimate of drug-likeness (QED) is 0.767. The molecule has 2 aromatic rings. The van der Waals surface area contributed by atoms with Crippen molar-refractivity contribution in [1.82, 2.24) is 9.88 Å². The van der Waals surface area contributed by atoms with E-state index < -0.39 is 0 Å². The summed E-state index contributed by atoms with van der Waals surface area (Å²) in [6.07, 6.45) is 2.52. The molecule has 3 amide bonds. The summed E-state index contributed by atoms with van der Waals surface area (Å²) in [5.74, 6) is 0.0825. The lowest BCUT2D eigenvalue weighted by molar-refractivity contribution is -0.127. The third-order valence-corrected chi connectivity index (χ3v) is 6.15. The Morgan fingerprint density at radius 2 is 2.20 bits per heavy atom. The topological polar surface area (TPSA) is 65.5 Å². The Morgan fingerprint density at radius 3 is 2.88 bits per heavy atom. The number of likely N-dealkylation sites (tertiary alicyclic amines) is 1. The number of thiazole rings is 1. The number of hydrogen-bond acceptors (Lipinski definition) is 4. The number of carbonyl (C=O) groups is 2. The minimum atomic E-state index is -0.203. The van der Waals surface area contributed by atoms with Crippen molar-refractivity contribution in [2.45, 2.75) is 18.8 Å². The number of anilines is 2. The first-order valence-electron chi connectivity index (χ1n) is 8.02. The molecule has 4 rings (SSSR count). The van der Waals surface area contributed by atoms with E-state index in [2.05, 4.69) is 32.3 Å². The van der Waals surface area contributed by atoms with Gasteiger partial charge in [0.2, 0.25) is 5.91 Å². The molecule has 1 N–H and O–H groups in total. The van der Waals surface area contributed by atoms with Gasteiger partial charge in [0.15, 0.2) is 5.13 Å². The molecule has 130 valence electrons. The molecule has 1 spiro atoms. The van der Waals surface area contributed by atoms with E-state index in [1.165, 1.54) is 11.3 Å². The van der Waals surface area contributed by atoms with Gasteiger partial charge >= 0.3 is 6.03 Å². The summed E-state index contributed by atoms with van der Waals surface area (Å²) < 4.78 is 0.981. The third kappa shape index (κ3) is 2.83. The van der Waals surface area contributed by atoms with Crippen molar-refractivity contribution >= 4 is 50.0 Å². The van der Waals surface area contributed by atoms with Crippen LogP contribution < -0.4 is 10.2 Å². The third-order valence-electron chi connectivity index (χ3n) is 4.97. The molecule has 1 saturated heterocycles. The van der Waals surface area contributed by atoms with Crippen LogP contribution in [0.2, 0.25) is 0 Å². The van der Waals surface area contributed by atoms with Crippen LogP contribution in [0.25, 0.3) is 0 Å². The van der Waals surface area contributed by atoms with E-state index in [9.17, 15) is 9.59 Å². The van der Waals surface area contributed by atoms with Crippen LogP contribution in [0, 0.1) is 0 Å². The lowest BCUT2D eigenvalue weighted by Gasteiger charge is -2.25. The number of amides is 3. The minimum absolute atomic E-state index is 0.0825. The molecule has 0 aliphatic carbocycles. The molecule has 3 heterocycles. The standard InChI is InChI=1S/C17H17BrN4O2S/c1-11(23)21-6-4-17(9-21)10-22(14-3-2-12(18)8-13(14)17)16(24)20-15-19-5-7-25-15/h2-3,5,7-8H,4,6,9-10H2,1H3,(H,19,20,24)/t17-/m1/s1. The maximum atomic E-state index is 12.8. The van der Waals surface area contributed by atoms with Crippen LogP contribution in [-0.4, -0.2) is 41.5 Å². The molecule has 25 heavy (non-hydrogen) atoms. The van der Waals surface area contributed by atoms with E-state index in [4.69, 9.17) is 0 Å². The molecule has 2 aliphatic rings. The molecular weight excluding hydrogens is 404 g/mol. The van der Waals surface area contributed by atoms with Crippen LogP contribution in [0.3, 0.4) is 0 Å². The number of urea groups is 1. The number of benzene rings is 1.